The van der Waals surface area contributed by atoms with E-state index in [1.807, 2.05) is 11.2 Å². The van der Waals surface area contributed by atoms with Gasteiger partial charge >= 0.3 is 0 Å². The molecular weight excluding hydrogens is 448 g/mol. The van der Waals surface area contributed by atoms with E-state index in [0.29, 0.717) is 0 Å². The van der Waals surface area contributed by atoms with Crippen LogP contribution in [0.15, 0.2) is 48.7 Å². The topological polar surface area (TPSA) is 17.3 Å². The molecule has 1 radical (unpaired) electrons. The maximum Gasteiger partial charge on any atom is 0 e. The molecule has 0 aromatic heterocycles. The average molecular weight is 467 g/mol. The molecule has 0 N–H and O–H groups in total. The molecule has 4 rings (SSSR count). The van der Waals surface area contributed by atoms with Crippen molar-refractivity contribution in [2.75, 3.05) is 5.01 Å². The van der Waals surface area contributed by atoms with Gasteiger partial charge in [-0.2, -0.15) is 12.1 Å². The summed E-state index contributed by atoms with van der Waals surface area (Å²) >= 11 is 0. The van der Waals surface area contributed by atoms with E-state index in [1.165, 1.54) is 22.3 Å². The molecule has 0 amide bonds. The normalized spacial score (nSPS) is 20.5. The van der Waals surface area contributed by atoms with E-state index in [-0.39, 0.29) is 31.6 Å². The van der Waals surface area contributed by atoms with E-state index in [2.05, 4.69) is 74.7 Å². The van der Waals surface area contributed by atoms with Gasteiger partial charge in [0.2, 0.25) is 0 Å². The predicted molar refractivity (Wildman–Crippen MR) is 87.3 cm³/mol. The van der Waals surface area contributed by atoms with Crippen LogP contribution < -0.4 is 5.01 Å². The first-order valence-electron chi connectivity index (χ1n) is 7.42. The number of hydrogen-bond acceptors (Lipinski definition) is 1. The second kappa shape index (κ2) is 5.34. The Balaban J connectivity index is 0.00000144. The fraction of sp³-hybridized carbons (Fsp3) is 0.263. The molecule has 1 aliphatic carbocycles. The fourth-order valence-corrected chi connectivity index (χ4v) is 3.38. The molecule has 2 aromatic carbocycles. The van der Waals surface area contributed by atoms with E-state index < -0.39 is 0 Å². The van der Waals surface area contributed by atoms with Crippen molar-refractivity contribution in [3.63, 3.8) is 0 Å². The summed E-state index contributed by atoms with van der Waals surface area (Å²) in [7, 11) is 0. The number of anilines is 1. The second-order valence-corrected chi connectivity index (χ2v) is 6.36. The van der Waals surface area contributed by atoms with E-state index in [4.69, 9.17) is 0 Å². The van der Waals surface area contributed by atoms with Gasteiger partial charge in [-0.25, -0.2) is 0 Å². The Labute approximate surface area is 145 Å². The number of hydrogen-bond donors (Lipinski definition) is 0. The monoisotopic (exact) mass is 467 g/mol. The van der Waals surface area contributed by atoms with Crippen LogP contribution in [0.25, 0.3) is 16.6 Å². The van der Waals surface area contributed by atoms with Crippen LogP contribution in [0.2, 0.25) is 0 Å². The maximum absolute atomic E-state index is 4.57. The molecule has 3 heteroatoms. The summed E-state index contributed by atoms with van der Waals surface area (Å²) in [6, 6.07) is 16.7. The van der Waals surface area contributed by atoms with Crippen molar-refractivity contribution in [3.8, 4) is 11.1 Å². The first kappa shape index (κ1) is 15.5. The molecule has 0 spiro atoms. The Hall–Kier alpha value is -1.41. The summed E-state index contributed by atoms with van der Waals surface area (Å²) < 4.78 is 0. The SMILES string of the molecule is CC1C=CN(c2[c-]cc3c(c2)C(C)(C)c2ccccc2-3)[N-]1.[Ir]. The molecule has 1 aliphatic heterocycles. The van der Waals surface area contributed by atoms with Crippen molar-refractivity contribution in [3.05, 3.63) is 71.3 Å². The third kappa shape index (κ3) is 2.16. The van der Waals surface area contributed by atoms with Gasteiger partial charge in [-0.1, -0.05) is 62.4 Å². The zero-order chi connectivity index (χ0) is 14.6. The minimum Gasteiger partial charge on any atom is -0.559 e. The van der Waals surface area contributed by atoms with Gasteiger partial charge in [0.25, 0.3) is 0 Å². The van der Waals surface area contributed by atoms with Crippen LogP contribution in [0, 0.1) is 6.07 Å². The summed E-state index contributed by atoms with van der Waals surface area (Å²) in [5, 5.41) is 1.93. The molecule has 2 aromatic rings. The predicted octanol–water partition coefficient (Wildman–Crippen LogP) is 4.80. The van der Waals surface area contributed by atoms with Crippen LogP contribution in [0.5, 0.6) is 0 Å². The Morgan fingerprint density at radius 3 is 2.64 bits per heavy atom. The molecule has 1 atom stereocenters. The van der Waals surface area contributed by atoms with E-state index >= 15 is 0 Å². The van der Waals surface area contributed by atoms with Gasteiger partial charge in [0.15, 0.2) is 0 Å². The van der Waals surface area contributed by atoms with Crippen LogP contribution in [0.1, 0.15) is 31.9 Å². The Morgan fingerprint density at radius 2 is 1.91 bits per heavy atom. The maximum atomic E-state index is 4.57. The zero-order valence-electron chi connectivity index (χ0n) is 12.9. The molecule has 0 saturated heterocycles. The first-order valence-corrected chi connectivity index (χ1v) is 7.42. The van der Waals surface area contributed by atoms with Gasteiger partial charge < -0.3 is 10.4 Å². The van der Waals surface area contributed by atoms with Gasteiger partial charge in [0, 0.05) is 20.1 Å². The van der Waals surface area contributed by atoms with E-state index in [0.717, 1.165) is 5.69 Å². The summed E-state index contributed by atoms with van der Waals surface area (Å²) in [5.41, 5.74) is 11.0. The fourth-order valence-electron chi connectivity index (χ4n) is 3.38. The van der Waals surface area contributed by atoms with Crippen LogP contribution in [-0.4, -0.2) is 6.04 Å². The minimum absolute atomic E-state index is 0. The van der Waals surface area contributed by atoms with Crippen molar-refractivity contribution in [1.29, 1.82) is 0 Å². The van der Waals surface area contributed by atoms with Gasteiger partial charge in [-0.15, -0.1) is 23.2 Å². The number of fused-ring (bicyclic) bond motifs is 3. The minimum atomic E-state index is 0. The van der Waals surface area contributed by atoms with Crippen molar-refractivity contribution < 1.29 is 20.1 Å². The second-order valence-electron chi connectivity index (χ2n) is 6.36. The molecule has 0 saturated carbocycles. The smallest absolute Gasteiger partial charge is 0 e. The van der Waals surface area contributed by atoms with Crippen molar-refractivity contribution >= 4 is 5.69 Å². The van der Waals surface area contributed by atoms with Gasteiger partial charge in [-0.3, -0.25) is 0 Å². The van der Waals surface area contributed by atoms with Crippen LogP contribution >= 0.6 is 0 Å². The largest absolute Gasteiger partial charge is 0.559 e. The van der Waals surface area contributed by atoms with E-state index in [9.17, 15) is 0 Å². The summed E-state index contributed by atoms with van der Waals surface area (Å²) in [6.45, 7) is 6.67. The Kier molecular flexibility index (Phi) is 3.76. The van der Waals surface area contributed by atoms with Gasteiger partial charge in [0.05, 0.1) is 0 Å². The Bertz CT molecular complexity index is 749. The quantitative estimate of drug-likeness (QED) is 0.552. The molecular formula is C19H18IrN2-2. The van der Waals surface area contributed by atoms with E-state index in [1.54, 1.807) is 0 Å². The molecule has 0 fully saturated rings. The number of rotatable bonds is 1. The number of benzene rings is 2. The average Bonchev–Trinajstić information content (AvgIpc) is 3.01. The molecule has 22 heavy (non-hydrogen) atoms. The van der Waals surface area contributed by atoms with Crippen molar-refractivity contribution in [2.45, 2.75) is 32.2 Å². The molecule has 2 aliphatic rings. The summed E-state index contributed by atoms with van der Waals surface area (Å²) in [5.74, 6) is 0. The van der Waals surface area contributed by atoms with Crippen molar-refractivity contribution in [2.24, 2.45) is 0 Å². The van der Waals surface area contributed by atoms with Gasteiger partial charge in [-0.05, 0) is 17.2 Å². The van der Waals surface area contributed by atoms with Crippen LogP contribution in [0.4, 0.5) is 5.69 Å². The summed E-state index contributed by atoms with van der Waals surface area (Å²) in [6.07, 6.45) is 4.12. The molecule has 115 valence electrons. The molecule has 1 heterocycles. The molecule has 1 unspecified atom stereocenters. The first-order chi connectivity index (χ1) is 10.1. The van der Waals surface area contributed by atoms with Gasteiger partial charge in [0.1, 0.15) is 0 Å². The molecule has 0 bridgehead atoms. The molecule has 2 nitrogen and oxygen atoms in total. The number of nitrogens with zero attached hydrogens (tertiary/aromatic N) is 2. The van der Waals surface area contributed by atoms with Crippen molar-refractivity contribution in [1.82, 2.24) is 0 Å². The third-order valence-electron chi connectivity index (χ3n) is 4.56. The zero-order valence-corrected chi connectivity index (χ0v) is 15.3. The third-order valence-corrected chi connectivity index (χ3v) is 4.56. The van der Waals surface area contributed by atoms with Crippen LogP contribution in [-0.2, 0) is 25.5 Å². The summed E-state index contributed by atoms with van der Waals surface area (Å²) in [4.78, 5) is 0. The Morgan fingerprint density at radius 1 is 1.14 bits per heavy atom. The van der Waals surface area contributed by atoms with Crippen LogP contribution in [0.3, 0.4) is 0 Å². The standard InChI is InChI=1S/C19H18N2.Ir/c1-13-10-11-21(20-13)14-8-9-16-15-6-4-5-7-17(15)19(2,3)18(16)12-14;/h4-7,9-13H,1-3H3;/q-2;.